The van der Waals surface area contributed by atoms with Gasteiger partial charge in [-0.15, -0.1) is 0 Å². The number of nitrogens with zero attached hydrogens (tertiary/aromatic N) is 2. The Morgan fingerprint density at radius 1 is 1.27 bits per heavy atom. The van der Waals surface area contributed by atoms with Gasteiger partial charge in [-0.25, -0.2) is 22.4 Å². The number of nitrogens with one attached hydrogen (secondary N) is 1. The van der Waals surface area contributed by atoms with Crippen molar-refractivity contribution < 1.29 is 22.7 Å². The van der Waals surface area contributed by atoms with E-state index in [0.717, 1.165) is 0 Å². The number of alkyl halides is 3. The molecule has 0 aromatic carbocycles. The zero-order valence-corrected chi connectivity index (χ0v) is 16.3. The highest BCUT2D eigenvalue weighted by molar-refractivity contribution is 5.74. The summed E-state index contributed by atoms with van der Waals surface area (Å²) in [5.41, 5.74) is 2.51. The summed E-state index contributed by atoms with van der Waals surface area (Å²) in [6.45, 7) is 0.812. The first-order valence-corrected chi connectivity index (χ1v) is 9.98. The normalized spacial score (nSPS) is 30.8. The summed E-state index contributed by atoms with van der Waals surface area (Å²) in [6, 6.07) is -2.37. The van der Waals surface area contributed by atoms with Crippen LogP contribution in [-0.4, -0.2) is 63.9 Å². The van der Waals surface area contributed by atoms with Crippen molar-refractivity contribution >= 4 is 5.57 Å². The molecule has 4 rings (SSSR count). The van der Waals surface area contributed by atoms with E-state index in [2.05, 4.69) is 0 Å². The van der Waals surface area contributed by atoms with Crippen molar-refractivity contribution in [3.63, 3.8) is 0 Å². The number of aromatic nitrogens is 2. The van der Waals surface area contributed by atoms with E-state index < -0.39 is 71.3 Å². The molecule has 0 spiro atoms. The SMILES string of the molecule is CC1c2c(c(=O)[nH]c(=O)n2C2CC2)C(C(F)F)=C(F)C1N1CC(F)C(C(N)CO)C1. The molecule has 0 bridgehead atoms. The highest BCUT2D eigenvalue weighted by Gasteiger charge is 2.48. The lowest BCUT2D eigenvalue weighted by Gasteiger charge is -2.38. The van der Waals surface area contributed by atoms with Crippen molar-refractivity contribution in [2.45, 2.75) is 56.4 Å². The second kappa shape index (κ2) is 7.61. The molecule has 7 nitrogen and oxygen atoms in total. The molecule has 1 saturated carbocycles. The van der Waals surface area contributed by atoms with Gasteiger partial charge < -0.3 is 10.8 Å². The third-order valence-corrected chi connectivity index (χ3v) is 6.48. The van der Waals surface area contributed by atoms with Gasteiger partial charge in [0.2, 0.25) is 0 Å². The third-order valence-electron chi connectivity index (χ3n) is 6.48. The van der Waals surface area contributed by atoms with E-state index in [0.29, 0.717) is 12.8 Å². The quantitative estimate of drug-likeness (QED) is 0.600. The molecule has 2 fully saturated rings. The number of rotatable bonds is 5. The fraction of sp³-hybridized carbons (Fsp3) is 0.684. The first kappa shape index (κ1) is 21.3. The summed E-state index contributed by atoms with van der Waals surface area (Å²) >= 11 is 0. The smallest absolute Gasteiger partial charge is 0.328 e. The van der Waals surface area contributed by atoms with Gasteiger partial charge in [0.1, 0.15) is 12.0 Å². The van der Waals surface area contributed by atoms with Crippen LogP contribution in [0.5, 0.6) is 0 Å². The number of aliphatic hydroxyl groups is 1. The summed E-state index contributed by atoms with van der Waals surface area (Å²) in [5, 5.41) is 9.26. The molecule has 3 aliphatic rings. The van der Waals surface area contributed by atoms with Gasteiger partial charge in [-0.3, -0.25) is 19.2 Å². The van der Waals surface area contributed by atoms with Crippen LogP contribution in [0.15, 0.2) is 15.4 Å². The second-order valence-electron chi connectivity index (χ2n) is 8.40. The number of nitrogens with two attached hydrogens (primary N) is 1. The zero-order valence-electron chi connectivity index (χ0n) is 16.3. The van der Waals surface area contributed by atoms with Crippen molar-refractivity contribution in [2.24, 2.45) is 11.7 Å². The van der Waals surface area contributed by atoms with Gasteiger partial charge in [-0.1, -0.05) is 6.92 Å². The molecule has 11 heteroatoms. The van der Waals surface area contributed by atoms with Gasteiger partial charge in [0.25, 0.3) is 12.0 Å². The fourth-order valence-electron chi connectivity index (χ4n) is 4.89. The van der Waals surface area contributed by atoms with Crippen LogP contribution in [-0.2, 0) is 0 Å². The van der Waals surface area contributed by atoms with E-state index in [1.54, 1.807) is 6.92 Å². The molecular formula is C19H24F4N4O3. The van der Waals surface area contributed by atoms with Crippen LogP contribution in [0.4, 0.5) is 17.6 Å². The summed E-state index contributed by atoms with van der Waals surface area (Å²) in [5.74, 6) is -2.81. The lowest BCUT2D eigenvalue weighted by molar-refractivity contribution is 0.175. The molecule has 1 aromatic rings. The number of allylic oxidation sites excluding steroid dienone is 1. The Morgan fingerprint density at radius 2 is 1.93 bits per heavy atom. The Balaban J connectivity index is 1.86. The van der Waals surface area contributed by atoms with Crippen LogP contribution in [0, 0.1) is 5.92 Å². The van der Waals surface area contributed by atoms with Crippen LogP contribution in [0.25, 0.3) is 5.57 Å². The van der Waals surface area contributed by atoms with Crippen LogP contribution >= 0.6 is 0 Å². The molecule has 4 N–H and O–H groups in total. The third kappa shape index (κ3) is 3.23. The predicted octanol–water partition coefficient (Wildman–Crippen LogP) is 0.892. The Bertz CT molecular complexity index is 987. The van der Waals surface area contributed by atoms with Crippen molar-refractivity contribution in [1.29, 1.82) is 0 Å². The lowest BCUT2D eigenvalue weighted by atomic mass is 9.82. The Kier molecular flexibility index (Phi) is 5.39. The summed E-state index contributed by atoms with van der Waals surface area (Å²) in [7, 11) is 0. The molecule has 30 heavy (non-hydrogen) atoms. The molecule has 166 valence electrons. The van der Waals surface area contributed by atoms with Crippen molar-refractivity contribution in [3.05, 3.63) is 37.9 Å². The predicted molar refractivity (Wildman–Crippen MR) is 101 cm³/mol. The van der Waals surface area contributed by atoms with Crippen LogP contribution in [0.3, 0.4) is 0 Å². The maximum atomic E-state index is 15.4. The van der Waals surface area contributed by atoms with Crippen molar-refractivity contribution in [2.75, 3.05) is 19.7 Å². The van der Waals surface area contributed by atoms with Crippen molar-refractivity contribution in [1.82, 2.24) is 14.5 Å². The first-order chi connectivity index (χ1) is 14.2. The van der Waals surface area contributed by atoms with Crippen LogP contribution in [0.1, 0.15) is 43.0 Å². The van der Waals surface area contributed by atoms with E-state index in [-0.39, 0.29) is 24.8 Å². The number of hydrogen-bond acceptors (Lipinski definition) is 5. The number of aliphatic hydroxyl groups excluding tert-OH is 1. The minimum atomic E-state index is -3.29. The topological polar surface area (TPSA) is 104 Å². The van der Waals surface area contributed by atoms with E-state index in [1.165, 1.54) is 9.47 Å². The monoisotopic (exact) mass is 432 g/mol. The number of halogens is 4. The molecule has 1 saturated heterocycles. The standard InChI is InChI=1S/C19H24F4N4O3/c1-7-15-13(18(29)25-19(30)27(15)8-2-3-8)12(17(22)23)14(21)16(7)26-4-9(10(20)5-26)11(24)6-28/h7-11,16-17,28H,2-6,24H2,1H3,(H,25,29,30). The fourth-order valence-corrected chi connectivity index (χ4v) is 4.89. The minimum absolute atomic E-state index is 0.0337. The number of likely N-dealkylation sites (tertiary alicyclic amines) is 1. The average Bonchev–Trinajstić information content (AvgIpc) is 3.43. The molecule has 1 aliphatic heterocycles. The highest BCUT2D eigenvalue weighted by Crippen LogP contribution is 2.46. The molecule has 0 radical (unpaired) electrons. The highest BCUT2D eigenvalue weighted by atomic mass is 19.3. The van der Waals surface area contributed by atoms with Gasteiger partial charge in [0, 0.05) is 42.7 Å². The summed E-state index contributed by atoms with van der Waals surface area (Å²) < 4.78 is 59.1. The zero-order chi connectivity index (χ0) is 21.9. The number of H-pyrrole nitrogens is 1. The molecule has 2 heterocycles. The Morgan fingerprint density at radius 3 is 2.50 bits per heavy atom. The van der Waals surface area contributed by atoms with E-state index >= 15 is 4.39 Å². The van der Waals surface area contributed by atoms with Gasteiger partial charge in [-0.05, 0) is 12.8 Å². The lowest BCUT2D eigenvalue weighted by Crippen LogP contribution is -2.47. The Hall–Kier alpha value is -1.98. The molecule has 2 aliphatic carbocycles. The van der Waals surface area contributed by atoms with E-state index in [9.17, 15) is 27.9 Å². The molecule has 0 amide bonds. The number of fused-ring (bicyclic) bond motifs is 1. The van der Waals surface area contributed by atoms with Crippen LogP contribution < -0.4 is 17.0 Å². The first-order valence-electron chi connectivity index (χ1n) is 9.98. The summed E-state index contributed by atoms with van der Waals surface area (Å²) in [6.07, 6.45) is -3.46. The molecule has 5 unspecified atom stereocenters. The number of hydrogen-bond donors (Lipinski definition) is 3. The Labute approximate surface area is 169 Å². The van der Waals surface area contributed by atoms with E-state index in [4.69, 9.17) is 5.73 Å². The van der Waals surface area contributed by atoms with Crippen molar-refractivity contribution in [3.8, 4) is 0 Å². The van der Waals surface area contributed by atoms with Gasteiger partial charge >= 0.3 is 5.69 Å². The maximum absolute atomic E-state index is 15.4. The largest absolute Gasteiger partial charge is 0.395 e. The average molecular weight is 432 g/mol. The van der Waals surface area contributed by atoms with Gasteiger partial charge in [0.15, 0.2) is 0 Å². The van der Waals surface area contributed by atoms with Gasteiger partial charge in [-0.2, -0.15) is 0 Å². The second-order valence-corrected chi connectivity index (χ2v) is 8.40. The molecule has 5 atom stereocenters. The van der Waals surface area contributed by atoms with E-state index in [1.807, 2.05) is 4.98 Å². The van der Waals surface area contributed by atoms with Gasteiger partial charge in [0.05, 0.1) is 23.8 Å². The summed E-state index contributed by atoms with van der Waals surface area (Å²) in [4.78, 5) is 28.3. The minimum Gasteiger partial charge on any atom is -0.395 e. The number of aromatic amines is 1. The van der Waals surface area contributed by atoms with Crippen LogP contribution in [0.2, 0.25) is 0 Å². The molecular weight excluding hydrogens is 408 g/mol. The maximum Gasteiger partial charge on any atom is 0.328 e. The molecule has 1 aromatic heterocycles.